The van der Waals surface area contributed by atoms with E-state index in [4.69, 9.17) is 25.5 Å². The van der Waals surface area contributed by atoms with E-state index in [1.807, 2.05) is 0 Å². The van der Waals surface area contributed by atoms with Crippen LogP contribution in [0.3, 0.4) is 0 Å². The van der Waals surface area contributed by atoms with Crippen LogP contribution in [0.2, 0.25) is 0 Å². The number of hydrogen-bond acceptors (Lipinski definition) is 8. The zero-order chi connectivity index (χ0) is 11.5. The average Bonchev–Trinajstić information content (AvgIpc) is 2.12. The van der Waals surface area contributed by atoms with Gasteiger partial charge in [-0.3, -0.25) is 0 Å². The molecule has 16 heavy (non-hydrogen) atoms. The molecule has 0 aromatic carbocycles. The van der Waals surface area contributed by atoms with E-state index in [1.54, 1.807) is 0 Å². The summed E-state index contributed by atoms with van der Waals surface area (Å²) in [4.78, 5) is 20.0. The Morgan fingerprint density at radius 2 is 1.25 bits per heavy atom. The maximum atomic E-state index is 10.1. The third kappa shape index (κ3) is 5.91. The van der Waals surface area contributed by atoms with Crippen molar-refractivity contribution in [3.05, 3.63) is 0 Å². The number of carboxylic acids is 2. The van der Waals surface area contributed by atoms with E-state index in [0.29, 0.717) is 0 Å². The van der Waals surface area contributed by atoms with Gasteiger partial charge >= 0.3 is 43.7 Å². The largest absolute Gasteiger partial charge is 2.00 e. The van der Waals surface area contributed by atoms with Crippen molar-refractivity contribution in [1.82, 2.24) is 0 Å². The van der Waals surface area contributed by atoms with Crippen LogP contribution in [0.25, 0.3) is 0 Å². The van der Waals surface area contributed by atoms with Gasteiger partial charge in [0.2, 0.25) is 0 Å². The fraction of sp³-hybridized carbons (Fsp3) is 0.667. The number of rotatable bonds is 5. The Bertz CT molecular complexity index is 208. The third-order valence-corrected chi connectivity index (χ3v) is 1.49. The summed E-state index contributed by atoms with van der Waals surface area (Å²) >= 11 is 0. The first-order chi connectivity index (χ1) is 6.29. The van der Waals surface area contributed by atoms with E-state index >= 15 is 0 Å². The van der Waals surface area contributed by atoms with Crippen molar-refractivity contribution in [3.63, 3.8) is 0 Å². The summed E-state index contributed by atoms with van der Waals surface area (Å²) < 4.78 is 0. The molecule has 0 rings (SSSR count). The molecule has 0 saturated heterocycles. The van der Waals surface area contributed by atoms with Crippen LogP contribution in [0.15, 0.2) is 0 Å². The van der Waals surface area contributed by atoms with Crippen molar-refractivity contribution >= 4 is 49.7 Å². The van der Waals surface area contributed by atoms with Gasteiger partial charge in [0.25, 0.3) is 0 Å². The molecule has 9 nitrogen and oxygen atoms in total. The molecule has 90 valence electrons. The molecule has 0 amide bonds. The molecule has 0 aromatic heterocycles. The van der Waals surface area contributed by atoms with Crippen molar-refractivity contribution in [2.75, 3.05) is 0 Å². The summed E-state index contributed by atoms with van der Waals surface area (Å²) in [5, 5.41) is 53.1. The molecule has 0 heterocycles. The molecule has 0 spiro atoms. The van der Waals surface area contributed by atoms with Gasteiger partial charge < -0.3 is 40.9 Å². The Morgan fingerprint density at radius 1 is 0.938 bits per heavy atom. The van der Waals surface area contributed by atoms with E-state index in [1.165, 1.54) is 0 Å². The summed E-state index contributed by atoms with van der Waals surface area (Å²) in [5.74, 6) is -3.95. The van der Waals surface area contributed by atoms with E-state index in [0.717, 1.165) is 0 Å². The van der Waals surface area contributed by atoms with Gasteiger partial charge in [-0.1, -0.05) is 0 Å². The van der Waals surface area contributed by atoms with Crippen molar-refractivity contribution in [3.8, 4) is 0 Å². The fourth-order valence-electron chi connectivity index (χ4n) is 0.659. The number of carbonyl (C=O) groups excluding carboxylic acids is 1. The Kier molecular flexibility index (Phi) is 12.1. The standard InChI is InChI=1S/C6H10O8.Ca.H2O/c7-1(3(9)5(11)12)2(8)4(10)6(13)14;;/h1-4,7-10H,(H,11,12)(H,13,14);;1H2/q;+2;/p-2. The fourth-order valence-corrected chi connectivity index (χ4v) is 0.659. The molecule has 0 aliphatic carbocycles. The Balaban J connectivity index is -0.000000845. The first-order valence-electron chi connectivity index (χ1n) is 3.45. The SMILES string of the molecule is O=C([O-])C(O)C(O)C(O)C(O)C(=O)O.[Ca+2].[OH-]. The molecule has 4 unspecified atom stereocenters. The second-order valence-electron chi connectivity index (χ2n) is 2.53. The Hall–Kier alpha value is -0.000260. The van der Waals surface area contributed by atoms with Crippen LogP contribution in [0.4, 0.5) is 0 Å². The monoisotopic (exact) mass is 266 g/mol. The van der Waals surface area contributed by atoms with Gasteiger partial charge in [-0.25, -0.2) is 4.79 Å². The minimum atomic E-state index is -2.47. The van der Waals surface area contributed by atoms with Gasteiger partial charge in [0.1, 0.15) is 18.3 Å². The zero-order valence-electron chi connectivity index (χ0n) is 7.92. The Labute approximate surface area is 119 Å². The zero-order valence-corrected chi connectivity index (χ0v) is 10.1. The molecule has 0 saturated carbocycles. The molecule has 4 atom stereocenters. The molecular weight excluding hydrogens is 256 g/mol. The predicted molar refractivity (Wildman–Crippen MR) is 44.4 cm³/mol. The van der Waals surface area contributed by atoms with Gasteiger partial charge in [0, 0.05) is 0 Å². The van der Waals surface area contributed by atoms with Crippen molar-refractivity contribution in [2.45, 2.75) is 24.4 Å². The van der Waals surface area contributed by atoms with Gasteiger partial charge in [0.15, 0.2) is 6.10 Å². The number of aliphatic hydroxyl groups is 4. The third-order valence-electron chi connectivity index (χ3n) is 1.49. The summed E-state index contributed by atoms with van der Waals surface area (Å²) in [6.45, 7) is 0. The van der Waals surface area contributed by atoms with Crippen LogP contribution in [0.1, 0.15) is 0 Å². The van der Waals surface area contributed by atoms with E-state index in [-0.39, 0.29) is 43.2 Å². The maximum absolute atomic E-state index is 10.1. The van der Waals surface area contributed by atoms with Crippen molar-refractivity contribution < 1.29 is 45.7 Å². The summed E-state index contributed by atoms with van der Waals surface area (Å²) in [7, 11) is 0. The number of carbonyl (C=O) groups is 2. The first-order valence-corrected chi connectivity index (χ1v) is 3.45. The number of carboxylic acid groups (broad SMARTS) is 2. The number of aliphatic carboxylic acids is 2. The average molecular weight is 266 g/mol. The molecule has 0 aliphatic heterocycles. The second-order valence-corrected chi connectivity index (χ2v) is 2.53. The van der Waals surface area contributed by atoms with Crippen molar-refractivity contribution in [2.24, 2.45) is 0 Å². The Morgan fingerprint density at radius 3 is 1.50 bits per heavy atom. The topological polar surface area (TPSA) is 188 Å². The maximum Gasteiger partial charge on any atom is 2.00 e. The quantitative estimate of drug-likeness (QED) is 0.302. The van der Waals surface area contributed by atoms with Gasteiger partial charge in [-0.2, -0.15) is 0 Å². The molecule has 0 fully saturated rings. The normalized spacial score (nSPS) is 17.0. The molecule has 0 aromatic rings. The van der Waals surface area contributed by atoms with Crippen LogP contribution < -0.4 is 5.11 Å². The van der Waals surface area contributed by atoms with Crippen LogP contribution in [0.5, 0.6) is 0 Å². The van der Waals surface area contributed by atoms with E-state index < -0.39 is 36.4 Å². The summed E-state index contributed by atoms with van der Waals surface area (Å²) in [6.07, 6.45) is -9.52. The van der Waals surface area contributed by atoms with Gasteiger partial charge in [-0.05, 0) is 0 Å². The van der Waals surface area contributed by atoms with Crippen LogP contribution in [-0.4, -0.2) is 105 Å². The molecular formula is C6H10CaO9. The first kappa shape index (κ1) is 21.3. The minimum absolute atomic E-state index is 0. The summed E-state index contributed by atoms with van der Waals surface area (Å²) in [5.41, 5.74) is 0. The minimum Gasteiger partial charge on any atom is -0.870 e. The molecule has 10 heteroatoms. The van der Waals surface area contributed by atoms with Crippen LogP contribution in [0, 0.1) is 0 Å². The van der Waals surface area contributed by atoms with Crippen molar-refractivity contribution in [1.29, 1.82) is 0 Å². The molecule has 0 bridgehead atoms. The molecule has 0 radical (unpaired) electrons. The number of aliphatic hydroxyl groups excluding tert-OH is 4. The number of hydrogen-bond donors (Lipinski definition) is 5. The van der Waals surface area contributed by atoms with Gasteiger partial charge in [0.05, 0.1) is 5.97 Å². The van der Waals surface area contributed by atoms with E-state index in [2.05, 4.69) is 0 Å². The second kappa shape index (κ2) is 9.07. The summed E-state index contributed by atoms with van der Waals surface area (Å²) in [6, 6.07) is 0. The predicted octanol–water partition coefficient (Wildman–Crippen LogP) is -5.29. The molecule has 6 N–H and O–H groups in total. The smallest absolute Gasteiger partial charge is 0.870 e. The molecule has 0 aliphatic rings. The van der Waals surface area contributed by atoms with E-state index in [9.17, 15) is 14.7 Å². The van der Waals surface area contributed by atoms with Gasteiger partial charge in [-0.15, -0.1) is 0 Å². The van der Waals surface area contributed by atoms with Crippen LogP contribution >= 0.6 is 0 Å². The van der Waals surface area contributed by atoms with Crippen LogP contribution in [-0.2, 0) is 9.59 Å².